The zero-order valence-electron chi connectivity index (χ0n) is 7.65. The number of halogens is 2. The highest BCUT2D eigenvalue weighted by Crippen LogP contribution is 2.29. The van der Waals surface area contributed by atoms with Crippen molar-refractivity contribution in [2.45, 2.75) is 0 Å². The zero-order valence-corrected chi connectivity index (χ0v) is 10.0. The third-order valence-corrected chi connectivity index (χ3v) is 3.22. The standard InChI is InChI=1S/C9H4BrFN2O2S/c10-9-12-8(16-13-9)4-1-5(3-14)7(15)6(11)2-4/h1-3,15H. The van der Waals surface area contributed by atoms with Crippen molar-refractivity contribution in [3.8, 4) is 16.3 Å². The molecule has 0 spiro atoms. The van der Waals surface area contributed by atoms with Crippen LogP contribution in [0.3, 0.4) is 0 Å². The van der Waals surface area contributed by atoms with Crippen LogP contribution in [0.5, 0.6) is 5.75 Å². The molecule has 0 radical (unpaired) electrons. The highest BCUT2D eigenvalue weighted by atomic mass is 79.9. The van der Waals surface area contributed by atoms with Gasteiger partial charge in [0, 0.05) is 5.56 Å². The first-order valence-corrected chi connectivity index (χ1v) is 5.65. The molecule has 0 atom stereocenters. The summed E-state index contributed by atoms with van der Waals surface area (Å²) in [5, 5.41) is 9.69. The summed E-state index contributed by atoms with van der Waals surface area (Å²) >= 11 is 4.14. The Morgan fingerprint density at radius 2 is 2.25 bits per heavy atom. The SMILES string of the molecule is O=Cc1cc(-c2nc(Br)ns2)cc(F)c1O. The number of carbonyl (C=O) groups is 1. The van der Waals surface area contributed by atoms with E-state index in [9.17, 15) is 14.3 Å². The van der Waals surface area contributed by atoms with E-state index in [4.69, 9.17) is 0 Å². The van der Waals surface area contributed by atoms with Crippen LogP contribution in [0.1, 0.15) is 10.4 Å². The monoisotopic (exact) mass is 302 g/mol. The van der Waals surface area contributed by atoms with Gasteiger partial charge in [-0.25, -0.2) is 9.37 Å². The highest BCUT2D eigenvalue weighted by Gasteiger charge is 2.12. The van der Waals surface area contributed by atoms with Crippen molar-refractivity contribution in [3.05, 3.63) is 28.2 Å². The van der Waals surface area contributed by atoms with Crippen molar-refractivity contribution < 1.29 is 14.3 Å². The molecule has 0 saturated carbocycles. The van der Waals surface area contributed by atoms with Crippen LogP contribution in [0.25, 0.3) is 10.6 Å². The van der Waals surface area contributed by atoms with E-state index >= 15 is 0 Å². The third kappa shape index (κ3) is 1.96. The van der Waals surface area contributed by atoms with Gasteiger partial charge in [0.1, 0.15) is 5.01 Å². The van der Waals surface area contributed by atoms with Gasteiger partial charge in [-0.1, -0.05) is 0 Å². The summed E-state index contributed by atoms with van der Waals surface area (Å²) in [6, 6.07) is 2.47. The molecule has 1 aromatic heterocycles. The normalized spacial score (nSPS) is 10.4. The smallest absolute Gasteiger partial charge is 0.209 e. The highest BCUT2D eigenvalue weighted by molar-refractivity contribution is 9.10. The van der Waals surface area contributed by atoms with Crippen molar-refractivity contribution in [2.75, 3.05) is 0 Å². The Bertz CT molecular complexity index is 558. The number of phenols is 1. The van der Waals surface area contributed by atoms with Crippen LogP contribution >= 0.6 is 27.5 Å². The molecule has 0 aliphatic heterocycles. The number of benzene rings is 1. The fraction of sp³-hybridized carbons (Fsp3) is 0. The first-order valence-electron chi connectivity index (χ1n) is 4.09. The van der Waals surface area contributed by atoms with Gasteiger partial charge >= 0.3 is 0 Å². The van der Waals surface area contributed by atoms with Crippen LogP contribution in [0, 0.1) is 5.82 Å². The number of aromatic hydroxyl groups is 1. The lowest BCUT2D eigenvalue weighted by Gasteiger charge is -2.01. The average molecular weight is 303 g/mol. The summed E-state index contributed by atoms with van der Waals surface area (Å²) in [6.45, 7) is 0. The van der Waals surface area contributed by atoms with E-state index in [0.717, 1.165) is 17.6 Å². The van der Waals surface area contributed by atoms with Gasteiger partial charge in [-0.2, -0.15) is 4.37 Å². The molecule has 1 heterocycles. The Hall–Kier alpha value is -1.34. The summed E-state index contributed by atoms with van der Waals surface area (Å²) in [7, 11) is 0. The maximum Gasteiger partial charge on any atom is 0.209 e. The van der Waals surface area contributed by atoms with E-state index in [1.165, 1.54) is 6.07 Å². The fourth-order valence-corrected chi connectivity index (χ4v) is 2.22. The van der Waals surface area contributed by atoms with Crippen molar-refractivity contribution in [3.63, 3.8) is 0 Å². The van der Waals surface area contributed by atoms with Crippen molar-refractivity contribution in [1.82, 2.24) is 9.36 Å². The van der Waals surface area contributed by atoms with Gasteiger partial charge < -0.3 is 5.11 Å². The van der Waals surface area contributed by atoms with Gasteiger partial charge in [0.15, 0.2) is 17.9 Å². The molecular formula is C9H4BrFN2O2S. The molecule has 7 heteroatoms. The number of aldehydes is 1. The molecule has 2 aromatic rings. The topological polar surface area (TPSA) is 63.1 Å². The second-order valence-electron chi connectivity index (χ2n) is 2.88. The predicted molar refractivity (Wildman–Crippen MR) is 60.1 cm³/mol. The lowest BCUT2D eigenvalue weighted by molar-refractivity contribution is 0.112. The molecule has 0 aliphatic rings. The fourth-order valence-electron chi connectivity index (χ4n) is 1.16. The first-order chi connectivity index (χ1) is 7.61. The van der Waals surface area contributed by atoms with Crippen LogP contribution in [0.15, 0.2) is 16.9 Å². The second kappa shape index (κ2) is 4.26. The van der Waals surface area contributed by atoms with Gasteiger partial charge in [-0.3, -0.25) is 4.79 Å². The molecule has 0 unspecified atom stereocenters. The minimum absolute atomic E-state index is 0.110. The van der Waals surface area contributed by atoms with Crippen molar-refractivity contribution in [1.29, 1.82) is 0 Å². The van der Waals surface area contributed by atoms with Crippen LogP contribution in [0.4, 0.5) is 4.39 Å². The summed E-state index contributed by atoms with van der Waals surface area (Å²) in [4.78, 5) is 14.6. The molecule has 1 aromatic carbocycles. The van der Waals surface area contributed by atoms with Crippen molar-refractivity contribution >= 4 is 33.7 Å². The van der Waals surface area contributed by atoms with Gasteiger partial charge in [-0.05, 0) is 39.6 Å². The molecule has 0 saturated heterocycles. The molecule has 0 fully saturated rings. The largest absolute Gasteiger partial charge is 0.504 e. The summed E-state index contributed by atoms with van der Waals surface area (Å²) in [5.41, 5.74) is 0.293. The molecule has 4 nitrogen and oxygen atoms in total. The number of phenolic OH excluding ortho intramolecular Hbond substituents is 1. The number of aromatic nitrogens is 2. The minimum atomic E-state index is -0.856. The summed E-state index contributed by atoms with van der Waals surface area (Å²) in [5.74, 6) is -1.51. The first kappa shape index (κ1) is 11.2. The maximum atomic E-state index is 13.3. The molecular weight excluding hydrogens is 299 g/mol. The number of nitrogens with zero attached hydrogens (tertiary/aromatic N) is 2. The lowest BCUT2D eigenvalue weighted by Crippen LogP contribution is -1.88. The predicted octanol–water partition coefficient (Wildman–Crippen LogP) is 2.62. The molecule has 82 valence electrons. The van der Waals surface area contributed by atoms with E-state index in [-0.39, 0.29) is 5.56 Å². The molecule has 0 bridgehead atoms. The van der Waals surface area contributed by atoms with E-state index in [2.05, 4.69) is 25.3 Å². The third-order valence-electron chi connectivity index (χ3n) is 1.87. The Kier molecular flexibility index (Phi) is 2.97. The van der Waals surface area contributed by atoms with Gasteiger partial charge in [0.25, 0.3) is 0 Å². The zero-order chi connectivity index (χ0) is 11.7. The van der Waals surface area contributed by atoms with Gasteiger partial charge in [-0.15, -0.1) is 0 Å². The molecule has 16 heavy (non-hydrogen) atoms. The average Bonchev–Trinajstić information content (AvgIpc) is 2.69. The van der Waals surface area contributed by atoms with Crippen LogP contribution in [-0.2, 0) is 0 Å². The summed E-state index contributed by atoms with van der Waals surface area (Å²) < 4.78 is 17.5. The molecule has 2 rings (SSSR count). The number of hydrogen-bond donors (Lipinski definition) is 1. The van der Waals surface area contributed by atoms with Crippen LogP contribution in [0.2, 0.25) is 0 Å². The van der Waals surface area contributed by atoms with E-state index in [1.54, 1.807) is 0 Å². The van der Waals surface area contributed by atoms with Gasteiger partial charge in [0.2, 0.25) is 4.73 Å². The number of rotatable bonds is 2. The minimum Gasteiger partial charge on any atom is -0.504 e. The van der Waals surface area contributed by atoms with Crippen molar-refractivity contribution in [2.24, 2.45) is 0 Å². The Labute approximate surface area is 102 Å². The van der Waals surface area contributed by atoms with E-state index in [0.29, 0.717) is 21.6 Å². The Morgan fingerprint density at radius 1 is 1.50 bits per heavy atom. The Balaban J connectivity index is 2.58. The van der Waals surface area contributed by atoms with Gasteiger partial charge in [0.05, 0.1) is 5.56 Å². The number of carbonyl (C=O) groups excluding carboxylic acids is 1. The van der Waals surface area contributed by atoms with Crippen LogP contribution in [-0.4, -0.2) is 20.8 Å². The molecule has 0 aliphatic carbocycles. The Morgan fingerprint density at radius 3 is 2.81 bits per heavy atom. The summed E-state index contributed by atoms with van der Waals surface area (Å²) in [6.07, 6.45) is 0.387. The molecule has 1 N–H and O–H groups in total. The van der Waals surface area contributed by atoms with Crippen LogP contribution < -0.4 is 0 Å². The lowest BCUT2D eigenvalue weighted by atomic mass is 10.1. The van der Waals surface area contributed by atoms with E-state index < -0.39 is 11.6 Å². The maximum absolute atomic E-state index is 13.3. The number of hydrogen-bond acceptors (Lipinski definition) is 5. The quantitative estimate of drug-likeness (QED) is 0.866. The van der Waals surface area contributed by atoms with E-state index in [1.807, 2.05) is 0 Å². The second-order valence-corrected chi connectivity index (χ2v) is 4.34. The molecule has 0 amide bonds.